The van der Waals surface area contributed by atoms with Crippen molar-refractivity contribution >= 4 is 5.91 Å². The van der Waals surface area contributed by atoms with Crippen molar-refractivity contribution < 1.29 is 4.79 Å². The third kappa shape index (κ3) is 5.43. The number of hydrogen-bond acceptors (Lipinski definition) is 2. The molecule has 1 amide bonds. The quantitative estimate of drug-likeness (QED) is 0.756. The van der Waals surface area contributed by atoms with E-state index in [1.54, 1.807) is 0 Å². The second-order valence-electron chi connectivity index (χ2n) is 5.02. The van der Waals surface area contributed by atoms with Crippen molar-refractivity contribution in [3.63, 3.8) is 0 Å². The van der Waals surface area contributed by atoms with Gasteiger partial charge in [-0.1, -0.05) is 51.0 Å². The Labute approximate surface area is 116 Å². The first-order valence-electron chi connectivity index (χ1n) is 7.26. The van der Waals surface area contributed by atoms with Gasteiger partial charge in [-0.2, -0.15) is 0 Å². The van der Waals surface area contributed by atoms with E-state index in [1.165, 1.54) is 0 Å². The minimum absolute atomic E-state index is 0.160. The van der Waals surface area contributed by atoms with E-state index in [4.69, 9.17) is 5.73 Å². The largest absolute Gasteiger partial charge is 0.352 e. The smallest absolute Gasteiger partial charge is 0.223 e. The number of nitrogens with one attached hydrogen (secondary N) is 1. The molecule has 0 spiro atoms. The number of carbonyl (C=O) groups excluding carboxylic acids is 1. The Bertz CT molecular complexity index is 384. The van der Waals surface area contributed by atoms with Crippen molar-refractivity contribution in [1.82, 2.24) is 5.32 Å². The highest BCUT2D eigenvalue weighted by molar-refractivity contribution is 5.78. The Balaban J connectivity index is 2.51. The molecule has 0 radical (unpaired) electrons. The monoisotopic (exact) mass is 262 g/mol. The van der Waals surface area contributed by atoms with Crippen molar-refractivity contribution in [3.8, 4) is 0 Å². The number of amides is 1. The van der Waals surface area contributed by atoms with Crippen LogP contribution in [0.4, 0.5) is 0 Å². The van der Waals surface area contributed by atoms with Crippen molar-refractivity contribution in [2.75, 3.05) is 0 Å². The van der Waals surface area contributed by atoms with E-state index in [1.807, 2.05) is 18.2 Å². The van der Waals surface area contributed by atoms with Gasteiger partial charge in [-0.15, -0.1) is 0 Å². The minimum Gasteiger partial charge on any atom is -0.352 e. The van der Waals surface area contributed by atoms with E-state index >= 15 is 0 Å². The highest BCUT2D eigenvalue weighted by atomic mass is 16.1. The zero-order chi connectivity index (χ0) is 14.1. The molecule has 0 aliphatic heterocycles. The van der Waals surface area contributed by atoms with E-state index in [9.17, 15) is 4.79 Å². The summed E-state index contributed by atoms with van der Waals surface area (Å²) in [5.41, 5.74) is 7.83. The Kier molecular flexibility index (Phi) is 7.19. The summed E-state index contributed by atoms with van der Waals surface area (Å²) in [6.07, 6.45) is 4.06. The maximum absolute atomic E-state index is 12.1. The highest BCUT2D eigenvalue weighted by Gasteiger charge is 2.15. The molecule has 1 rings (SSSR count). The van der Waals surface area contributed by atoms with Crippen LogP contribution in [0.2, 0.25) is 0 Å². The summed E-state index contributed by atoms with van der Waals surface area (Å²) in [6.45, 7) is 5.38. The van der Waals surface area contributed by atoms with Gasteiger partial charge >= 0.3 is 0 Å². The number of rotatable bonds is 8. The van der Waals surface area contributed by atoms with E-state index in [2.05, 4.69) is 25.2 Å². The van der Waals surface area contributed by atoms with Gasteiger partial charge in [0.05, 0.1) is 0 Å². The molecule has 1 aromatic rings. The lowest BCUT2D eigenvalue weighted by molar-refractivity contribution is -0.125. The molecule has 0 heterocycles. The Morgan fingerprint density at radius 2 is 1.84 bits per heavy atom. The van der Waals surface area contributed by atoms with Crippen LogP contribution in [0.3, 0.4) is 0 Å². The van der Waals surface area contributed by atoms with Crippen molar-refractivity contribution in [3.05, 3.63) is 35.4 Å². The average molecular weight is 262 g/mol. The molecule has 19 heavy (non-hydrogen) atoms. The molecule has 0 fully saturated rings. The fourth-order valence-electron chi connectivity index (χ4n) is 2.30. The maximum atomic E-state index is 12.1. The van der Waals surface area contributed by atoms with Gasteiger partial charge in [0.1, 0.15) is 0 Å². The number of nitrogens with two attached hydrogens (primary N) is 1. The molecule has 0 saturated carbocycles. The van der Waals surface area contributed by atoms with Gasteiger partial charge in [-0.05, 0) is 24.0 Å². The summed E-state index contributed by atoms with van der Waals surface area (Å²) < 4.78 is 0. The van der Waals surface area contributed by atoms with Crippen LogP contribution in [0, 0.1) is 5.92 Å². The van der Waals surface area contributed by atoms with Crippen LogP contribution in [0.25, 0.3) is 0 Å². The Morgan fingerprint density at radius 3 is 2.42 bits per heavy atom. The SMILES string of the molecule is CCCC(CCC)C(=O)NCc1cccc(CN)c1. The summed E-state index contributed by atoms with van der Waals surface area (Å²) in [5, 5.41) is 3.04. The predicted molar refractivity (Wildman–Crippen MR) is 79.5 cm³/mol. The lowest BCUT2D eigenvalue weighted by atomic mass is 9.97. The van der Waals surface area contributed by atoms with Gasteiger partial charge in [-0.25, -0.2) is 0 Å². The first kappa shape index (κ1) is 15.7. The summed E-state index contributed by atoms with van der Waals surface area (Å²) in [7, 11) is 0. The normalized spacial score (nSPS) is 10.7. The van der Waals surface area contributed by atoms with Gasteiger partial charge in [0.25, 0.3) is 0 Å². The molecule has 0 unspecified atom stereocenters. The molecular weight excluding hydrogens is 236 g/mol. The topological polar surface area (TPSA) is 55.1 Å². The second-order valence-corrected chi connectivity index (χ2v) is 5.02. The molecule has 0 bridgehead atoms. The summed E-state index contributed by atoms with van der Waals surface area (Å²) in [4.78, 5) is 12.1. The number of benzene rings is 1. The number of carbonyl (C=O) groups is 1. The fourth-order valence-corrected chi connectivity index (χ4v) is 2.30. The summed E-state index contributed by atoms with van der Waals surface area (Å²) in [5.74, 6) is 0.342. The molecule has 3 nitrogen and oxygen atoms in total. The highest BCUT2D eigenvalue weighted by Crippen LogP contribution is 2.14. The van der Waals surface area contributed by atoms with Crippen LogP contribution in [0.1, 0.15) is 50.7 Å². The van der Waals surface area contributed by atoms with Gasteiger partial charge in [0.15, 0.2) is 0 Å². The molecular formula is C16H26N2O. The number of hydrogen-bond donors (Lipinski definition) is 2. The molecule has 0 aliphatic carbocycles. The molecule has 0 saturated heterocycles. The summed E-state index contributed by atoms with van der Waals surface area (Å²) >= 11 is 0. The van der Waals surface area contributed by atoms with Gasteiger partial charge in [-0.3, -0.25) is 4.79 Å². The van der Waals surface area contributed by atoms with Crippen molar-refractivity contribution in [2.24, 2.45) is 11.7 Å². The average Bonchev–Trinajstić information content (AvgIpc) is 2.44. The molecule has 0 aromatic heterocycles. The zero-order valence-electron chi connectivity index (χ0n) is 12.1. The van der Waals surface area contributed by atoms with Crippen molar-refractivity contribution in [1.29, 1.82) is 0 Å². The first-order chi connectivity index (χ1) is 9.21. The van der Waals surface area contributed by atoms with Gasteiger partial charge < -0.3 is 11.1 Å². The van der Waals surface area contributed by atoms with Crippen LogP contribution >= 0.6 is 0 Å². The molecule has 1 aromatic carbocycles. The molecule has 106 valence electrons. The molecule has 3 N–H and O–H groups in total. The van der Waals surface area contributed by atoms with Crippen LogP contribution in [0.5, 0.6) is 0 Å². The third-order valence-electron chi connectivity index (χ3n) is 3.34. The van der Waals surface area contributed by atoms with Crippen molar-refractivity contribution in [2.45, 2.75) is 52.6 Å². The third-order valence-corrected chi connectivity index (χ3v) is 3.34. The second kappa shape index (κ2) is 8.70. The Morgan fingerprint density at radius 1 is 1.21 bits per heavy atom. The van der Waals surface area contributed by atoms with E-state index in [-0.39, 0.29) is 11.8 Å². The van der Waals surface area contributed by atoms with E-state index < -0.39 is 0 Å². The Hall–Kier alpha value is -1.35. The molecule has 3 heteroatoms. The van der Waals surface area contributed by atoms with Crippen LogP contribution in [-0.4, -0.2) is 5.91 Å². The van der Waals surface area contributed by atoms with E-state index in [0.29, 0.717) is 13.1 Å². The standard InChI is InChI=1S/C16H26N2O/c1-3-6-15(7-4-2)16(19)18-12-14-9-5-8-13(10-14)11-17/h5,8-10,15H,3-4,6-7,11-12,17H2,1-2H3,(H,18,19). The lowest BCUT2D eigenvalue weighted by Crippen LogP contribution is -2.30. The van der Waals surface area contributed by atoms with Crippen LogP contribution < -0.4 is 11.1 Å². The lowest BCUT2D eigenvalue weighted by Gasteiger charge is -2.15. The zero-order valence-corrected chi connectivity index (χ0v) is 12.1. The van der Waals surface area contributed by atoms with Gasteiger partial charge in [0, 0.05) is 19.0 Å². The van der Waals surface area contributed by atoms with Crippen LogP contribution in [-0.2, 0) is 17.9 Å². The molecule has 0 aliphatic rings. The summed E-state index contributed by atoms with van der Waals surface area (Å²) in [6, 6.07) is 8.06. The van der Waals surface area contributed by atoms with E-state index in [0.717, 1.165) is 36.8 Å². The first-order valence-corrected chi connectivity index (χ1v) is 7.26. The van der Waals surface area contributed by atoms with Crippen LogP contribution in [0.15, 0.2) is 24.3 Å². The molecule has 0 atom stereocenters. The predicted octanol–water partition coefficient (Wildman–Crippen LogP) is 2.98. The fraction of sp³-hybridized carbons (Fsp3) is 0.562. The minimum atomic E-state index is 0.160. The van der Waals surface area contributed by atoms with Gasteiger partial charge in [0.2, 0.25) is 5.91 Å². The maximum Gasteiger partial charge on any atom is 0.223 e.